The lowest BCUT2D eigenvalue weighted by Crippen LogP contribution is -2.24. The van der Waals surface area contributed by atoms with Crippen molar-refractivity contribution in [3.8, 4) is 11.4 Å². The van der Waals surface area contributed by atoms with Crippen molar-refractivity contribution in [2.45, 2.75) is 19.3 Å². The Morgan fingerprint density at radius 2 is 2.12 bits per heavy atom. The minimum absolute atomic E-state index is 0.0965. The number of nitrogens with zero attached hydrogens (tertiary/aromatic N) is 3. The van der Waals surface area contributed by atoms with Crippen LogP contribution in [-0.4, -0.2) is 22.6 Å². The first-order chi connectivity index (χ1) is 12.5. The number of aryl methyl sites for hydroxylation is 1. The molecule has 1 fully saturated rings. The highest BCUT2D eigenvalue weighted by molar-refractivity contribution is 6.30. The average Bonchev–Trinajstić information content (AvgIpc) is 3.24. The number of anilines is 1. The smallest absolute Gasteiger partial charge is 0.232 e. The van der Waals surface area contributed by atoms with Gasteiger partial charge in [-0.2, -0.15) is 4.98 Å². The molecule has 1 unspecified atom stereocenters. The molecule has 132 valence electrons. The Balaban J connectivity index is 1.56. The van der Waals surface area contributed by atoms with E-state index in [1.54, 1.807) is 42.2 Å². The van der Waals surface area contributed by atoms with Gasteiger partial charge in [-0.3, -0.25) is 4.79 Å². The van der Waals surface area contributed by atoms with E-state index in [9.17, 15) is 9.18 Å². The largest absolute Gasteiger partial charge is 0.339 e. The molecule has 2 aromatic carbocycles. The normalized spacial score (nSPS) is 17.1. The van der Waals surface area contributed by atoms with Gasteiger partial charge in [-0.25, -0.2) is 4.39 Å². The molecule has 1 amide bonds. The van der Waals surface area contributed by atoms with E-state index in [1.165, 1.54) is 6.07 Å². The number of hydrogen-bond acceptors (Lipinski definition) is 4. The zero-order chi connectivity index (χ0) is 18.3. The maximum Gasteiger partial charge on any atom is 0.232 e. The number of benzene rings is 2. The van der Waals surface area contributed by atoms with Gasteiger partial charge in [-0.1, -0.05) is 35.0 Å². The monoisotopic (exact) mass is 371 g/mol. The predicted molar refractivity (Wildman–Crippen MR) is 95.6 cm³/mol. The van der Waals surface area contributed by atoms with Gasteiger partial charge in [0.2, 0.25) is 17.6 Å². The van der Waals surface area contributed by atoms with Crippen LogP contribution < -0.4 is 4.90 Å². The summed E-state index contributed by atoms with van der Waals surface area (Å²) < 4.78 is 19.2. The van der Waals surface area contributed by atoms with Crippen LogP contribution in [0.15, 0.2) is 47.0 Å². The quantitative estimate of drug-likeness (QED) is 0.686. The van der Waals surface area contributed by atoms with Crippen molar-refractivity contribution in [1.82, 2.24) is 10.1 Å². The lowest BCUT2D eigenvalue weighted by atomic mass is 10.1. The third-order valence-corrected chi connectivity index (χ3v) is 4.70. The summed E-state index contributed by atoms with van der Waals surface area (Å²) in [4.78, 5) is 18.3. The van der Waals surface area contributed by atoms with E-state index in [1.807, 2.05) is 6.07 Å². The first-order valence-electron chi connectivity index (χ1n) is 8.17. The second-order valence-corrected chi connectivity index (χ2v) is 6.74. The Labute approximate surface area is 154 Å². The molecular weight excluding hydrogens is 357 g/mol. The highest BCUT2D eigenvalue weighted by Gasteiger charge is 2.35. The van der Waals surface area contributed by atoms with Gasteiger partial charge < -0.3 is 9.42 Å². The molecule has 1 aromatic heterocycles. The lowest BCUT2D eigenvalue weighted by molar-refractivity contribution is -0.117. The van der Waals surface area contributed by atoms with Gasteiger partial charge in [0.25, 0.3) is 0 Å². The van der Waals surface area contributed by atoms with E-state index in [4.69, 9.17) is 16.1 Å². The summed E-state index contributed by atoms with van der Waals surface area (Å²) in [6.45, 7) is 2.06. The topological polar surface area (TPSA) is 59.2 Å². The molecule has 1 atom stereocenters. The minimum Gasteiger partial charge on any atom is -0.339 e. The van der Waals surface area contributed by atoms with Crippen molar-refractivity contribution in [1.29, 1.82) is 0 Å². The van der Waals surface area contributed by atoms with E-state index >= 15 is 0 Å². The van der Waals surface area contributed by atoms with Crippen molar-refractivity contribution >= 4 is 23.2 Å². The molecule has 0 spiro atoms. The van der Waals surface area contributed by atoms with Crippen molar-refractivity contribution < 1.29 is 13.7 Å². The zero-order valence-corrected chi connectivity index (χ0v) is 14.7. The molecule has 0 aliphatic carbocycles. The summed E-state index contributed by atoms with van der Waals surface area (Å²) in [5, 5.41) is 4.57. The highest BCUT2D eigenvalue weighted by Crippen LogP contribution is 2.32. The second kappa shape index (κ2) is 6.53. The first-order valence-corrected chi connectivity index (χ1v) is 8.55. The van der Waals surface area contributed by atoms with E-state index in [0.717, 1.165) is 5.56 Å². The molecule has 1 saturated heterocycles. The molecule has 1 aliphatic heterocycles. The van der Waals surface area contributed by atoms with E-state index < -0.39 is 0 Å². The van der Waals surface area contributed by atoms with Crippen LogP contribution in [0.4, 0.5) is 10.1 Å². The van der Waals surface area contributed by atoms with E-state index in [-0.39, 0.29) is 24.1 Å². The number of aromatic nitrogens is 2. The maximum absolute atomic E-state index is 13.8. The van der Waals surface area contributed by atoms with Crippen molar-refractivity contribution in [2.24, 2.45) is 0 Å². The standard InChI is InChI=1S/C19H15ClFN3O2/c1-11-5-6-15(9-16(11)21)24-10-13(8-17(24)25)19-22-18(23-26-19)12-3-2-4-14(20)7-12/h2-7,9,13H,8,10H2,1H3. The van der Waals surface area contributed by atoms with Gasteiger partial charge in [0.15, 0.2) is 0 Å². The number of halogens is 2. The summed E-state index contributed by atoms with van der Waals surface area (Å²) in [6.07, 6.45) is 0.243. The number of hydrogen-bond donors (Lipinski definition) is 0. The molecule has 4 rings (SSSR count). The summed E-state index contributed by atoms with van der Waals surface area (Å²) in [5.41, 5.74) is 1.82. The van der Waals surface area contributed by atoms with E-state index in [0.29, 0.717) is 34.5 Å². The molecule has 3 aromatic rings. The average molecular weight is 372 g/mol. The molecule has 7 heteroatoms. The molecule has 2 heterocycles. The van der Waals surface area contributed by atoms with Crippen LogP contribution in [0.25, 0.3) is 11.4 Å². The fraction of sp³-hybridized carbons (Fsp3) is 0.211. The second-order valence-electron chi connectivity index (χ2n) is 6.31. The molecule has 26 heavy (non-hydrogen) atoms. The van der Waals surface area contributed by atoms with Crippen LogP contribution >= 0.6 is 11.6 Å². The third-order valence-electron chi connectivity index (χ3n) is 4.47. The Hall–Kier alpha value is -2.73. The summed E-state index contributed by atoms with van der Waals surface area (Å²) in [5.74, 6) is 0.158. The molecule has 0 saturated carbocycles. The highest BCUT2D eigenvalue weighted by atomic mass is 35.5. The Morgan fingerprint density at radius 1 is 1.27 bits per heavy atom. The molecule has 1 aliphatic rings. The lowest BCUT2D eigenvalue weighted by Gasteiger charge is -2.16. The van der Waals surface area contributed by atoms with Crippen LogP contribution in [0.5, 0.6) is 0 Å². The molecule has 0 radical (unpaired) electrons. The van der Waals surface area contributed by atoms with Crippen LogP contribution in [0.1, 0.15) is 23.8 Å². The number of carbonyl (C=O) groups is 1. The van der Waals surface area contributed by atoms with Gasteiger partial charge in [-0.05, 0) is 36.8 Å². The van der Waals surface area contributed by atoms with Gasteiger partial charge in [-0.15, -0.1) is 0 Å². The zero-order valence-electron chi connectivity index (χ0n) is 13.9. The van der Waals surface area contributed by atoms with Gasteiger partial charge >= 0.3 is 0 Å². The van der Waals surface area contributed by atoms with Crippen LogP contribution in [0.3, 0.4) is 0 Å². The maximum atomic E-state index is 13.8. The van der Waals surface area contributed by atoms with Gasteiger partial charge in [0, 0.05) is 29.2 Å². The number of amides is 1. The number of carbonyl (C=O) groups excluding carboxylic acids is 1. The van der Waals surface area contributed by atoms with Crippen LogP contribution in [0, 0.1) is 12.7 Å². The molecule has 5 nitrogen and oxygen atoms in total. The SMILES string of the molecule is Cc1ccc(N2CC(c3nc(-c4cccc(Cl)c4)no3)CC2=O)cc1F. The Morgan fingerprint density at radius 3 is 2.88 bits per heavy atom. The van der Waals surface area contributed by atoms with E-state index in [2.05, 4.69) is 10.1 Å². The predicted octanol–water partition coefficient (Wildman–Crippen LogP) is 4.36. The van der Waals surface area contributed by atoms with Crippen molar-refractivity contribution in [3.63, 3.8) is 0 Å². The fourth-order valence-corrected chi connectivity index (χ4v) is 3.21. The van der Waals surface area contributed by atoms with Crippen molar-refractivity contribution in [2.75, 3.05) is 11.4 Å². The van der Waals surface area contributed by atoms with Crippen LogP contribution in [0.2, 0.25) is 5.02 Å². The number of rotatable bonds is 3. The van der Waals surface area contributed by atoms with Crippen molar-refractivity contribution in [3.05, 3.63) is 64.8 Å². The van der Waals surface area contributed by atoms with Crippen LogP contribution in [-0.2, 0) is 4.79 Å². The Kier molecular flexibility index (Phi) is 4.20. The Bertz CT molecular complexity index is 988. The molecular formula is C19H15ClFN3O2. The third kappa shape index (κ3) is 3.08. The summed E-state index contributed by atoms with van der Waals surface area (Å²) in [7, 11) is 0. The summed E-state index contributed by atoms with van der Waals surface area (Å²) in [6, 6.07) is 11.9. The fourth-order valence-electron chi connectivity index (χ4n) is 3.02. The van der Waals surface area contributed by atoms with Gasteiger partial charge in [0.1, 0.15) is 5.82 Å². The minimum atomic E-state index is -0.334. The van der Waals surface area contributed by atoms with Gasteiger partial charge in [0.05, 0.1) is 5.92 Å². The first kappa shape index (κ1) is 16.7. The molecule has 0 bridgehead atoms. The summed E-state index contributed by atoms with van der Waals surface area (Å²) >= 11 is 5.99. The molecule has 0 N–H and O–H groups in total.